The molecule has 0 bridgehead atoms. The lowest BCUT2D eigenvalue weighted by atomic mass is 10.2. The molecule has 0 fully saturated rings. The van der Waals surface area contributed by atoms with E-state index in [4.69, 9.17) is 9.68 Å². The normalized spacial score (nSPS) is 10.1. The van der Waals surface area contributed by atoms with Gasteiger partial charge in [0.15, 0.2) is 0 Å². The fraction of sp³-hybridized carbons (Fsp3) is 0.0909. The van der Waals surface area contributed by atoms with Crippen molar-refractivity contribution in [3.8, 4) is 6.07 Å². The van der Waals surface area contributed by atoms with Gasteiger partial charge in [0.1, 0.15) is 12.1 Å². The summed E-state index contributed by atoms with van der Waals surface area (Å²) in [5, 5.41) is 8.98. The van der Waals surface area contributed by atoms with E-state index in [0.29, 0.717) is 15.7 Å². The summed E-state index contributed by atoms with van der Waals surface area (Å²) in [5.41, 5.74) is 1.04. The topological polar surface area (TPSA) is 49.8 Å². The number of aromatic nitrogens is 1. The van der Waals surface area contributed by atoms with Crippen molar-refractivity contribution < 1.29 is 8.81 Å². The largest absolute Gasteiger partial charge is 0.439 e. The molecule has 0 aliphatic carbocycles. The summed E-state index contributed by atoms with van der Waals surface area (Å²) in [7, 11) is 0. The molecular weight excluding hydrogens is 227 g/mol. The zero-order valence-corrected chi connectivity index (χ0v) is 9.21. The van der Waals surface area contributed by atoms with E-state index in [1.807, 2.05) is 6.07 Å². The second kappa shape index (κ2) is 4.37. The van der Waals surface area contributed by atoms with Crippen LogP contribution in [0.15, 0.2) is 39.0 Å². The molecule has 1 heterocycles. The summed E-state index contributed by atoms with van der Waals surface area (Å²) in [6.45, 7) is 1.79. The van der Waals surface area contributed by atoms with Crippen LogP contribution in [0.2, 0.25) is 0 Å². The summed E-state index contributed by atoms with van der Waals surface area (Å²) in [6.07, 6.45) is 1.50. The number of nitriles is 1. The van der Waals surface area contributed by atoms with Crippen molar-refractivity contribution >= 4 is 11.8 Å². The van der Waals surface area contributed by atoms with Gasteiger partial charge in [0.2, 0.25) is 0 Å². The fourth-order valence-electron chi connectivity index (χ4n) is 1.13. The van der Waals surface area contributed by atoms with Crippen molar-refractivity contribution in [2.45, 2.75) is 17.0 Å². The monoisotopic (exact) mass is 234 g/mol. The zero-order valence-electron chi connectivity index (χ0n) is 8.40. The van der Waals surface area contributed by atoms with Crippen LogP contribution in [-0.4, -0.2) is 4.98 Å². The Morgan fingerprint density at radius 2 is 2.31 bits per heavy atom. The van der Waals surface area contributed by atoms with Crippen LogP contribution < -0.4 is 0 Å². The van der Waals surface area contributed by atoms with Crippen molar-refractivity contribution in [2.24, 2.45) is 0 Å². The third-order valence-electron chi connectivity index (χ3n) is 1.86. The standard InChI is InChI=1S/C11H7FN2OS/c1-7-6-15-11(14-7)16-10-3-2-8(5-13)4-9(10)12/h2-4,6H,1H3. The highest BCUT2D eigenvalue weighted by atomic mass is 32.2. The smallest absolute Gasteiger partial charge is 0.260 e. The molecule has 0 atom stereocenters. The Morgan fingerprint density at radius 3 is 2.88 bits per heavy atom. The van der Waals surface area contributed by atoms with Crippen LogP contribution in [0.4, 0.5) is 4.39 Å². The Balaban J connectivity index is 2.26. The number of nitrogens with zero attached hydrogens (tertiary/aromatic N) is 2. The van der Waals surface area contributed by atoms with Crippen LogP contribution in [0.25, 0.3) is 0 Å². The second-order valence-corrected chi connectivity index (χ2v) is 4.11. The van der Waals surface area contributed by atoms with E-state index >= 15 is 0 Å². The number of benzene rings is 1. The lowest BCUT2D eigenvalue weighted by Crippen LogP contribution is -1.83. The predicted octanol–water partition coefficient (Wildman–Crippen LogP) is 3.15. The molecule has 0 saturated heterocycles. The first-order valence-corrected chi connectivity index (χ1v) is 5.30. The molecule has 0 N–H and O–H groups in total. The molecule has 1 aromatic heterocycles. The minimum Gasteiger partial charge on any atom is -0.439 e. The summed E-state index contributed by atoms with van der Waals surface area (Å²) >= 11 is 1.09. The van der Waals surface area contributed by atoms with Gasteiger partial charge in [-0.1, -0.05) is 0 Å². The molecule has 0 unspecified atom stereocenters. The maximum Gasteiger partial charge on any atom is 0.260 e. The van der Waals surface area contributed by atoms with Crippen LogP contribution in [0, 0.1) is 24.1 Å². The van der Waals surface area contributed by atoms with E-state index in [1.54, 1.807) is 13.0 Å². The summed E-state index contributed by atoms with van der Waals surface area (Å²) in [4.78, 5) is 4.44. The Kier molecular flexibility index (Phi) is 2.93. The van der Waals surface area contributed by atoms with Gasteiger partial charge in [-0.05, 0) is 36.9 Å². The van der Waals surface area contributed by atoms with Gasteiger partial charge in [0.25, 0.3) is 5.22 Å². The van der Waals surface area contributed by atoms with Crippen molar-refractivity contribution in [1.29, 1.82) is 5.26 Å². The summed E-state index contributed by atoms with van der Waals surface area (Å²) in [5.74, 6) is -0.445. The lowest BCUT2D eigenvalue weighted by molar-refractivity contribution is 0.453. The molecular formula is C11H7FN2OS. The minimum atomic E-state index is -0.445. The van der Waals surface area contributed by atoms with E-state index in [0.717, 1.165) is 17.5 Å². The Bertz CT molecular complexity index is 559. The Hall–Kier alpha value is -1.80. The van der Waals surface area contributed by atoms with Crippen LogP contribution >= 0.6 is 11.8 Å². The maximum absolute atomic E-state index is 13.5. The zero-order chi connectivity index (χ0) is 11.5. The quantitative estimate of drug-likeness (QED) is 0.800. The van der Waals surface area contributed by atoms with Crippen molar-refractivity contribution in [1.82, 2.24) is 4.98 Å². The molecule has 2 aromatic rings. The van der Waals surface area contributed by atoms with Crippen LogP contribution in [0.5, 0.6) is 0 Å². The molecule has 2 rings (SSSR count). The van der Waals surface area contributed by atoms with Crippen molar-refractivity contribution in [2.75, 3.05) is 0 Å². The van der Waals surface area contributed by atoms with Gasteiger partial charge in [-0.2, -0.15) is 5.26 Å². The molecule has 0 aliphatic rings. The third kappa shape index (κ3) is 2.23. The van der Waals surface area contributed by atoms with Crippen molar-refractivity contribution in [3.63, 3.8) is 0 Å². The van der Waals surface area contributed by atoms with E-state index in [2.05, 4.69) is 4.98 Å². The highest BCUT2D eigenvalue weighted by molar-refractivity contribution is 7.99. The van der Waals surface area contributed by atoms with Crippen LogP contribution in [0.1, 0.15) is 11.3 Å². The molecule has 0 saturated carbocycles. The number of aryl methyl sites for hydroxylation is 1. The highest BCUT2D eigenvalue weighted by Crippen LogP contribution is 2.29. The van der Waals surface area contributed by atoms with E-state index in [-0.39, 0.29) is 0 Å². The Morgan fingerprint density at radius 1 is 1.50 bits per heavy atom. The first kappa shape index (κ1) is 10.7. The first-order chi connectivity index (χ1) is 7.69. The van der Waals surface area contributed by atoms with Gasteiger partial charge in [-0.25, -0.2) is 9.37 Å². The highest BCUT2D eigenvalue weighted by Gasteiger charge is 2.09. The molecule has 80 valence electrons. The molecule has 16 heavy (non-hydrogen) atoms. The summed E-state index contributed by atoms with van der Waals surface area (Å²) in [6, 6.07) is 6.16. The van der Waals surface area contributed by atoms with E-state index in [1.165, 1.54) is 18.4 Å². The van der Waals surface area contributed by atoms with Gasteiger partial charge in [0, 0.05) is 0 Å². The lowest BCUT2D eigenvalue weighted by Gasteiger charge is -1.99. The predicted molar refractivity (Wildman–Crippen MR) is 56.5 cm³/mol. The molecule has 0 aliphatic heterocycles. The number of halogens is 1. The molecule has 5 heteroatoms. The van der Waals surface area contributed by atoms with Crippen molar-refractivity contribution in [3.05, 3.63) is 41.5 Å². The van der Waals surface area contributed by atoms with Crippen LogP contribution in [-0.2, 0) is 0 Å². The van der Waals surface area contributed by atoms with Gasteiger partial charge < -0.3 is 4.42 Å². The maximum atomic E-state index is 13.5. The van der Waals surface area contributed by atoms with Gasteiger partial charge >= 0.3 is 0 Å². The second-order valence-electron chi connectivity index (χ2n) is 3.11. The van der Waals surface area contributed by atoms with E-state index < -0.39 is 5.82 Å². The number of rotatable bonds is 2. The fourth-order valence-corrected chi connectivity index (χ4v) is 1.89. The van der Waals surface area contributed by atoms with E-state index in [9.17, 15) is 4.39 Å². The molecule has 0 radical (unpaired) electrons. The molecule has 1 aromatic carbocycles. The SMILES string of the molecule is Cc1coc(Sc2ccc(C#N)cc2F)n1. The number of hydrogen-bond donors (Lipinski definition) is 0. The minimum absolute atomic E-state index is 0.297. The molecule has 0 amide bonds. The molecule has 3 nitrogen and oxygen atoms in total. The third-order valence-corrected chi connectivity index (χ3v) is 2.77. The molecule has 0 spiro atoms. The average molecular weight is 234 g/mol. The number of hydrogen-bond acceptors (Lipinski definition) is 4. The van der Waals surface area contributed by atoms with Gasteiger partial charge in [-0.3, -0.25) is 0 Å². The average Bonchev–Trinajstić information content (AvgIpc) is 2.67. The Labute approximate surface area is 95.9 Å². The van der Waals surface area contributed by atoms with Gasteiger partial charge in [0.05, 0.1) is 22.2 Å². The number of oxazole rings is 1. The first-order valence-electron chi connectivity index (χ1n) is 4.48. The van der Waals surface area contributed by atoms with Gasteiger partial charge in [-0.15, -0.1) is 0 Å². The van der Waals surface area contributed by atoms with Crippen LogP contribution in [0.3, 0.4) is 0 Å². The summed E-state index contributed by atoms with van der Waals surface area (Å²) < 4.78 is 18.6.